The molecule has 0 fully saturated rings. The molecule has 0 amide bonds. The maximum atomic E-state index is 12.6. The van der Waals surface area contributed by atoms with E-state index in [0.717, 1.165) is 28.5 Å². The Morgan fingerprint density at radius 1 is 1.24 bits per heavy atom. The van der Waals surface area contributed by atoms with Crippen molar-refractivity contribution in [1.29, 1.82) is 0 Å². The van der Waals surface area contributed by atoms with Crippen LogP contribution in [0.2, 0.25) is 0 Å². The van der Waals surface area contributed by atoms with Crippen molar-refractivity contribution in [3.63, 3.8) is 0 Å². The number of aryl methyl sites for hydroxylation is 1. The minimum Gasteiger partial charge on any atom is -0.493 e. The van der Waals surface area contributed by atoms with Crippen LogP contribution in [0.25, 0.3) is 0 Å². The highest BCUT2D eigenvalue weighted by Crippen LogP contribution is 2.28. The van der Waals surface area contributed by atoms with Gasteiger partial charge in [0.1, 0.15) is 5.75 Å². The lowest BCUT2D eigenvalue weighted by Gasteiger charge is -2.20. The average molecular weight is 305 g/mol. The van der Waals surface area contributed by atoms with E-state index in [-0.39, 0.29) is 10.8 Å². The van der Waals surface area contributed by atoms with Crippen molar-refractivity contribution in [2.24, 2.45) is 0 Å². The van der Waals surface area contributed by atoms with Crippen molar-refractivity contribution in [2.45, 2.75) is 17.7 Å². The van der Waals surface area contributed by atoms with Gasteiger partial charge in [0.25, 0.3) is 10.0 Å². The van der Waals surface area contributed by atoms with E-state index < -0.39 is 10.0 Å². The molecule has 0 radical (unpaired) electrons. The monoisotopic (exact) mass is 305 g/mol. The molecule has 1 aliphatic rings. The predicted octanol–water partition coefficient (Wildman–Crippen LogP) is 1.63. The standard InChI is InChI=1S/C14H15N3O3S/c1-17(14-15-7-3-8-16-14)21(18,19)12-5-6-13-11(10-12)4-2-9-20-13/h3,5-8,10H,2,4,9H2,1H3. The minimum absolute atomic E-state index is 0.145. The summed E-state index contributed by atoms with van der Waals surface area (Å²) in [4.78, 5) is 8.16. The molecule has 0 N–H and O–H groups in total. The van der Waals surface area contributed by atoms with Gasteiger partial charge in [-0.25, -0.2) is 22.7 Å². The number of ether oxygens (including phenoxy) is 1. The first-order chi connectivity index (χ1) is 10.1. The summed E-state index contributed by atoms with van der Waals surface area (Å²) in [6.45, 7) is 0.677. The van der Waals surface area contributed by atoms with Crippen molar-refractivity contribution in [2.75, 3.05) is 18.0 Å². The quantitative estimate of drug-likeness (QED) is 0.861. The number of nitrogens with zero attached hydrogens (tertiary/aromatic N) is 3. The first-order valence-electron chi connectivity index (χ1n) is 6.61. The molecule has 2 aromatic rings. The summed E-state index contributed by atoms with van der Waals surface area (Å²) in [6, 6.07) is 6.57. The highest BCUT2D eigenvalue weighted by molar-refractivity contribution is 7.92. The highest BCUT2D eigenvalue weighted by Gasteiger charge is 2.24. The molecule has 1 aromatic carbocycles. The number of sulfonamides is 1. The van der Waals surface area contributed by atoms with E-state index in [0.29, 0.717) is 6.61 Å². The van der Waals surface area contributed by atoms with Crippen molar-refractivity contribution < 1.29 is 13.2 Å². The van der Waals surface area contributed by atoms with E-state index >= 15 is 0 Å². The molecule has 0 aliphatic carbocycles. The van der Waals surface area contributed by atoms with Crippen LogP contribution in [0.15, 0.2) is 41.6 Å². The van der Waals surface area contributed by atoms with E-state index in [9.17, 15) is 8.42 Å². The minimum atomic E-state index is -3.67. The Labute approximate surface area is 123 Å². The largest absolute Gasteiger partial charge is 0.493 e. The van der Waals surface area contributed by atoms with Gasteiger partial charge in [0.15, 0.2) is 0 Å². The zero-order valence-corrected chi connectivity index (χ0v) is 12.4. The van der Waals surface area contributed by atoms with Gasteiger partial charge in [-0.1, -0.05) is 0 Å². The predicted molar refractivity (Wildman–Crippen MR) is 77.9 cm³/mol. The smallest absolute Gasteiger partial charge is 0.266 e. The molecule has 7 heteroatoms. The summed E-state index contributed by atoms with van der Waals surface area (Å²) in [5.41, 5.74) is 0.921. The number of hydrogen-bond donors (Lipinski definition) is 0. The number of benzene rings is 1. The molecular formula is C14H15N3O3S. The third kappa shape index (κ3) is 2.56. The van der Waals surface area contributed by atoms with Gasteiger partial charge in [-0.15, -0.1) is 0 Å². The molecule has 0 bridgehead atoms. The molecule has 0 unspecified atom stereocenters. The second kappa shape index (κ2) is 5.33. The molecule has 1 aliphatic heterocycles. The molecule has 2 heterocycles. The fraction of sp³-hybridized carbons (Fsp3) is 0.286. The van der Waals surface area contributed by atoms with Crippen molar-refractivity contribution >= 4 is 16.0 Å². The Morgan fingerprint density at radius 3 is 2.76 bits per heavy atom. The van der Waals surface area contributed by atoms with E-state index in [1.807, 2.05) is 0 Å². The van der Waals surface area contributed by atoms with Crippen LogP contribution in [0, 0.1) is 0 Å². The first-order valence-corrected chi connectivity index (χ1v) is 8.05. The van der Waals surface area contributed by atoms with Crippen LogP contribution in [0.5, 0.6) is 5.75 Å². The van der Waals surface area contributed by atoms with Crippen LogP contribution in [-0.2, 0) is 16.4 Å². The first kappa shape index (κ1) is 13.8. The number of hydrogen-bond acceptors (Lipinski definition) is 5. The summed E-state index contributed by atoms with van der Waals surface area (Å²) in [7, 11) is -2.23. The molecule has 0 atom stereocenters. The summed E-state index contributed by atoms with van der Waals surface area (Å²) in [6.07, 6.45) is 4.74. The maximum absolute atomic E-state index is 12.6. The molecule has 6 nitrogen and oxygen atoms in total. The lowest BCUT2D eigenvalue weighted by molar-refractivity contribution is 0.288. The number of aromatic nitrogens is 2. The summed E-state index contributed by atoms with van der Waals surface area (Å²) < 4.78 is 31.8. The Balaban J connectivity index is 1.98. The van der Waals surface area contributed by atoms with Gasteiger partial charge in [-0.3, -0.25) is 0 Å². The van der Waals surface area contributed by atoms with Crippen LogP contribution in [0.4, 0.5) is 5.95 Å². The Hall–Kier alpha value is -2.15. The van der Waals surface area contributed by atoms with Gasteiger partial charge in [0, 0.05) is 19.4 Å². The lowest BCUT2D eigenvalue weighted by Crippen LogP contribution is -2.28. The van der Waals surface area contributed by atoms with E-state index in [1.165, 1.54) is 19.4 Å². The SMILES string of the molecule is CN(c1ncccn1)S(=O)(=O)c1ccc2c(c1)CCCO2. The van der Waals surface area contributed by atoms with Crippen molar-refractivity contribution in [3.05, 3.63) is 42.2 Å². The van der Waals surface area contributed by atoms with E-state index in [2.05, 4.69) is 9.97 Å². The summed E-state index contributed by atoms with van der Waals surface area (Å²) >= 11 is 0. The highest BCUT2D eigenvalue weighted by atomic mass is 32.2. The molecule has 110 valence electrons. The van der Waals surface area contributed by atoms with Crippen LogP contribution in [0.1, 0.15) is 12.0 Å². The molecule has 0 spiro atoms. The molecule has 21 heavy (non-hydrogen) atoms. The third-order valence-electron chi connectivity index (χ3n) is 3.37. The van der Waals surface area contributed by atoms with Crippen LogP contribution < -0.4 is 9.04 Å². The second-order valence-corrected chi connectivity index (χ2v) is 6.71. The van der Waals surface area contributed by atoms with Gasteiger partial charge in [0.05, 0.1) is 11.5 Å². The van der Waals surface area contributed by atoms with Crippen LogP contribution in [0.3, 0.4) is 0 Å². The molecular weight excluding hydrogens is 290 g/mol. The summed E-state index contributed by atoms with van der Waals surface area (Å²) in [5.74, 6) is 0.908. The maximum Gasteiger partial charge on any atom is 0.266 e. The Bertz CT molecular complexity index is 747. The average Bonchev–Trinajstić information content (AvgIpc) is 2.54. The van der Waals surface area contributed by atoms with Gasteiger partial charge in [-0.05, 0) is 42.7 Å². The molecule has 0 saturated heterocycles. The van der Waals surface area contributed by atoms with Crippen molar-refractivity contribution in [3.8, 4) is 5.75 Å². The topological polar surface area (TPSA) is 72.4 Å². The van der Waals surface area contributed by atoms with Gasteiger partial charge >= 0.3 is 0 Å². The fourth-order valence-corrected chi connectivity index (χ4v) is 3.37. The number of rotatable bonds is 3. The number of fused-ring (bicyclic) bond motifs is 1. The number of anilines is 1. The third-order valence-corrected chi connectivity index (χ3v) is 5.11. The van der Waals surface area contributed by atoms with Gasteiger partial charge in [-0.2, -0.15) is 0 Å². The second-order valence-electron chi connectivity index (χ2n) is 4.74. The van der Waals surface area contributed by atoms with Crippen LogP contribution in [-0.4, -0.2) is 32.0 Å². The zero-order valence-electron chi connectivity index (χ0n) is 11.6. The molecule has 3 rings (SSSR count). The van der Waals surface area contributed by atoms with Gasteiger partial charge in [0.2, 0.25) is 5.95 Å². The van der Waals surface area contributed by atoms with E-state index in [1.54, 1.807) is 24.3 Å². The normalized spacial score (nSPS) is 14.1. The molecule has 1 aromatic heterocycles. The lowest BCUT2D eigenvalue weighted by atomic mass is 10.1. The summed E-state index contributed by atoms with van der Waals surface area (Å²) in [5, 5.41) is 0. The van der Waals surface area contributed by atoms with Gasteiger partial charge < -0.3 is 4.74 Å². The zero-order chi connectivity index (χ0) is 14.9. The Kier molecular flexibility index (Phi) is 3.50. The van der Waals surface area contributed by atoms with E-state index in [4.69, 9.17) is 4.74 Å². The molecule has 0 saturated carbocycles. The van der Waals surface area contributed by atoms with Crippen LogP contribution >= 0.6 is 0 Å². The van der Waals surface area contributed by atoms with Crippen molar-refractivity contribution in [1.82, 2.24) is 9.97 Å². The Morgan fingerprint density at radius 2 is 2.00 bits per heavy atom. The fourth-order valence-electron chi connectivity index (χ4n) is 2.22.